The molecular weight excluding hydrogens is 255 g/mol. The van der Waals surface area contributed by atoms with E-state index in [0.29, 0.717) is 12.1 Å². The predicted octanol–water partition coefficient (Wildman–Crippen LogP) is 1.24. The normalized spacial score (nSPS) is 13.5. The van der Waals surface area contributed by atoms with Crippen LogP contribution in [0.3, 0.4) is 0 Å². The summed E-state index contributed by atoms with van der Waals surface area (Å²) in [5.74, 6) is -0.503. The van der Waals surface area contributed by atoms with Crippen LogP contribution in [0.5, 0.6) is 0 Å². The lowest BCUT2D eigenvalue weighted by Gasteiger charge is -2.13. The van der Waals surface area contributed by atoms with Gasteiger partial charge in [-0.15, -0.1) is 0 Å². The van der Waals surface area contributed by atoms with E-state index in [-0.39, 0.29) is 17.6 Å². The Balaban J connectivity index is 2.52. The van der Waals surface area contributed by atoms with Gasteiger partial charge in [-0.1, -0.05) is 19.1 Å². The van der Waals surface area contributed by atoms with Crippen LogP contribution in [0.4, 0.5) is 4.39 Å². The van der Waals surface area contributed by atoms with E-state index in [1.807, 2.05) is 13.8 Å². The van der Waals surface area contributed by atoms with E-state index in [4.69, 9.17) is 0 Å². The van der Waals surface area contributed by atoms with E-state index < -0.39 is 10.0 Å². The van der Waals surface area contributed by atoms with Crippen LogP contribution < -0.4 is 10.0 Å². The molecule has 0 unspecified atom stereocenters. The Labute approximate surface area is 108 Å². The van der Waals surface area contributed by atoms with Gasteiger partial charge >= 0.3 is 0 Å². The second-order valence-electron chi connectivity index (χ2n) is 4.19. The zero-order valence-corrected chi connectivity index (χ0v) is 11.4. The minimum atomic E-state index is -3.37. The van der Waals surface area contributed by atoms with E-state index in [1.54, 1.807) is 0 Å². The van der Waals surface area contributed by atoms with Crippen molar-refractivity contribution in [1.29, 1.82) is 0 Å². The van der Waals surface area contributed by atoms with Gasteiger partial charge in [0.05, 0.1) is 5.75 Å². The molecule has 0 aliphatic rings. The molecular formula is C12H19FN2O2S. The Morgan fingerprint density at radius 2 is 1.89 bits per heavy atom. The van der Waals surface area contributed by atoms with Crippen LogP contribution >= 0.6 is 0 Å². The molecule has 0 radical (unpaired) electrons. The number of hydrogen-bond acceptors (Lipinski definition) is 3. The molecule has 0 spiro atoms. The van der Waals surface area contributed by atoms with Crippen molar-refractivity contribution < 1.29 is 12.8 Å². The van der Waals surface area contributed by atoms with Crippen molar-refractivity contribution in [2.45, 2.75) is 25.6 Å². The van der Waals surface area contributed by atoms with Crippen molar-refractivity contribution in [3.8, 4) is 0 Å². The van der Waals surface area contributed by atoms with E-state index in [9.17, 15) is 12.8 Å². The van der Waals surface area contributed by atoms with Gasteiger partial charge < -0.3 is 5.32 Å². The third kappa shape index (κ3) is 5.57. The van der Waals surface area contributed by atoms with Crippen LogP contribution in [0.2, 0.25) is 0 Å². The standard InChI is InChI=1S/C12H19FN2O2S/c1-3-14-10(2)8-15-18(16,17)9-11-4-6-12(13)7-5-11/h4-7,10,14-15H,3,8-9H2,1-2H3/t10-/m1/s1. The Morgan fingerprint density at radius 3 is 2.44 bits per heavy atom. The van der Waals surface area contributed by atoms with E-state index in [0.717, 1.165) is 6.54 Å². The Morgan fingerprint density at radius 1 is 1.28 bits per heavy atom. The lowest BCUT2D eigenvalue weighted by Crippen LogP contribution is -2.39. The van der Waals surface area contributed by atoms with Gasteiger partial charge in [0, 0.05) is 12.6 Å². The van der Waals surface area contributed by atoms with Crippen molar-refractivity contribution >= 4 is 10.0 Å². The fourth-order valence-corrected chi connectivity index (χ4v) is 2.76. The molecule has 6 heteroatoms. The Bertz CT molecular complexity index is 459. The molecule has 1 aromatic carbocycles. The molecule has 0 saturated heterocycles. The molecule has 102 valence electrons. The number of hydrogen-bond donors (Lipinski definition) is 2. The summed E-state index contributed by atoms with van der Waals surface area (Å²) in [4.78, 5) is 0. The van der Waals surface area contributed by atoms with Gasteiger partial charge in [0.15, 0.2) is 0 Å². The number of nitrogens with one attached hydrogen (secondary N) is 2. The molecule has 2 N–H and O–H groups in total. The fourth-order valence-electron chi connectivity index (χ4n) is 1.52. The maximum absolute atomic E-state index is 12.7. The van der Waals surface area contributed by atoms with Crippen LogP contribution in [0.15, 0.2) is 24.3 Å². The molecule has 1 rings (SSSR count). The summed E-state index contributed by atoms with van der Waals surface area (Å²) in [6.45, 7) is 5.01. The summed E-state index contributed by atoms with van der Waals surface area (Å²) < 4.78 is 38.7. The molecule has 0 aromatic heterocycles. The first-order chi connectivity index (χ1) is 8.43. The van der Waals surface area contributed by atoms with E-state index >= 15 is 0 Å². The highest BCUT2D eigenvalue weighted by Gasteiger charge is 2.12. The maximum Gasteiger partial charge on any atom is 0.215 e. The minimum Gasteiger partial charge on any atom is -0.313 e. The van der Waals surface area contributed by atoms with Gasteiger partial charge in [0.1, 0.15) is 5.82 Å². The lowest BCUT2D eigenvalue weighted by molar-refractivity contribution is 0.535. The van der Waals surface area contributed by atoms with E-state index in [2.05, 4.69) is 10.0 Å². The van der Waals surface area contributed by atoms with Crippen molar-refractivity contribution in [1.82, 2.24) is 10.0 Å². The highest BCUT2D eigenvalue weighted by molar-refractivity contribution is 7.88. The minimum absolute atomic E-state index is 0.0815. The molecule has 0 heterocycles. The molecule has 0 amide bonds. The first kappa shape index (κ1) is 15.1. The van der Waals surface area contributed by atoms with Gasteiger partial charge in [-0.2, -0.15) is 0 Å². The molecule has 0 aliphatic heterocycles. The van der Waals surface area contributed by atoms with E-state index in [1.165, 1.54) is 24.3 Å². The monoisotopic (exact) mass is 274 g/mol. The third-order valence-corrected chi connectivity index (χ3v) is 3.75. The molecule has 0 bridgehead atoms. The quantitative estimate of drug-likeness (QED) is 0.786. The van der Waals surface area contributed by atoms with Crippen molar-refractivity contribution in [2.75, 3.05) is 13.1 Å². The predicted molar refractivity (Wildman–Crippen MR) is 70.2 cm³/mol. The number of halogens is 1. The lowest BCUT2D eigenvalue weighted by atomic mass is 10.2. The highest BCUT2D eigenvalue weighted by Crippen LogP contribution is 2.06. The second kappa shape index (κ2) is 6.82. The summed E-state index contributed by atoms with van der Waals surface area (Å²) in [5, 5.41) is 3.11. The molecule has 4 nitrogen and oxygen atoms in total. The zero-order valence-electron chi connectivity index (χ0n) is 10.6. The number of rotatable bonds is 7. The summed E-state index contributed by atoms with van der Waals surface area (Å²) in [6, 6.07) is 5.54. The van der Waals surface area contributed by atoms with Gasteiger partial charge in [-0.25, -0.2) is 17.5 Å². The van der Waals surface area contributed by atoms with Gasteiger partial charge in [-0.05, 0) is 31.2 Å². The molecule has 1 atom stereocenters. The van der Waals surface area contributed by atoms with Crippen molar-refractivity contribution in [3.05, 3.63) is 35.6 Å². The number of sulfonamides is 1. The van der Waals surface area contributed by atoms with Gasteiger partial charge in [0.25, 0.3) is 0 Å². The Kier molecular flexibility index (Phi) is 5.71. The number of benzene rings is 1. The molecule has 0 fully saturated rings. The fraction of sp³-hybridized carbons (Fsp3) is 0.500. The second-order valence-corrected chi connectivity index (χ2v) is 6.00. The van der Waals surface area contributed by atoms with Crippen molar-refractivity contribution in [3.63, 3.8) is 0 Å². The highest BCUT2D eigenvalue weighted by atomic mass is 32.2. The Hall–Kier alpha value is -0.980. The molecule has 18 heavy (non-hydrogen) atoms. The average molecular weight is 274 g/mol. The summed E-state index contributed by atoms with van der Waals surface area (Å²) in [6.07, 6.45) is 0. The van der Waals surface area contributed by atoms with Crippen LogP contribution in [0, 0.1) is 5.82 Å². The van der Waals surface area contributed by atoms with Crippen molar-refractivity contribution in [2.24, 2.45) is 0 Å². The first-order valence-corrected chi connectivity index (χ1v) is 7.53. The van der Waals surface area contributed by atoms with Gasteiger partial charge in [-0.3, -0.25) is 0 Å². The first-order valence-electron chi connectivity index (χ1n) is 5.88. The molecule has 0 saturated carbocycles. The maximum atomic E-state index is 12.7. The smallest absolute Gasteiger partial charge is 0.215 e. The average Bonchev–Trinajstić information content (AvgIpc) is 2.30. The summed E-state index contributed by atoms with van der Waals surface area (Å²) in [5.41, 5.74) is 0.569. The van der Waals surface area contributed by atoms with Crippen LogP contribution in [-0.2, 0) is 15.8 Å². The SMILES string of the molecule is CCN[C@H](C)CNS(=O)(=O)Cc1ccc(F)cc1. The zero-order chi connectivity index (χ0) is 13.6. The largest absolute Gasteiger partial charge is 0.313 e. The molecule has 0 aliphatic carbocycles. The third-order valence-electron chi connectivity index (χ3n) is 2.43. The van der Waals surface area contributed by atoms with Crippen LogP contribution in [0.25, 0.3) is 0 Å². The number of likely N-dealkylation sites (N-methyl/N-ethyl adjacent to an activating group) is 1. The van der Waals surface area contributed by atoms with Crippen LogP contribution in [0.1, 0.15) is 19.4 Å². The molecule has 1 aromatic rings. The summed E-state index contributed by atoms with van der Waals surface area (Å²) >= 11 is 0. The van der Waals surface area contributed by atoms with Gasteiger partial charge in [0.2, 0.25) is 10.0 Å². The van der Waals surface area contributed by atoms with Crippen LogP contribution in [-0.4, -0.2) is 27.5 Å². The summed E-state index contributed by atoms with van der Waals surface area (Å²) in [7, 11) is -3.37. The topological polar surface area (TPSA) is 58.2 Å².